The van der Waals surface area contributed by atoms with Gasteiger partial charge in [0.25, 0.3) is 0 Å². The molecule has 0 radical (unpaired) electrons. The van der Waals surface area contributed by atoms with Crippen molar-refractivity contribution >= 4 is 41.5 Å². The van der Waals surface area contributed by atoms with Crippen molar-refractivity contribution in [2.75, 3.05) is 32.9 Å². The number of nitrogens with zero attached hydrogens (tertiary/aromatic N) is 3. The van der Waals surface area contributed by atoms with E-state index in [2.05, 4.69) is 32.7 Å². The minimum Gasteiger partial charge on any atom is -0.379 e. The van der Waals surface area contributed by atoms with Gasteiger partial charge in [-0.2, -0.15) is 4.98 Å². The van der Waals surface area contributed by atoms with Crippen molar-refractivity contribution in [3.05, 3.63) is 35.2 Å². The number of guanidine groups is 1. The van der Waals surface area contributed by atoms with Gasteiger partial charge in [0.2, 0.25) is 11.7 Å². The first kappa shape index (κ1) is 24.8. The van der Waals surface area contributed by atoms with Crippen LogP contribution in [0.3, 0.4) is 0 Å². The van der Waals surface area contributed by atoms with Crippen LogP contribution in [0.5, 0.6) is 0 Å². The largest absolute Gasteiger partial charge is 0.379 e. The molecule has 1 aromatic heterocycles. The molecule has 2 unspecified atom stereocenters. The van der Waals surface area contributed by atoms with E-state index in [4.69, 9.17) is 25.6 Å². The minimum atomic E-state index is 0. The SMILES string of the molecule is CCNC(=NCCc1nc(-c2ccc(Cl)cc2)no1)NC(C)COC1CCOC1.I. The fourth-order valence-electron chi connectivity index (χ4n) is 2.86. The number of hydrogen-bond acceptors (Lipinski definition) is 6. The highest BCUT2D eigenvalue weighted by Gasteiger charge is 2.17. The van der Waals surface area contributed by atoms with Gasteiger partial charge in [-0.25, -0.2) is 0 Å². The van der Waals surface area contributed by atoms with Crippen LogP contribution >= 0.6 is 35.6 Å². The van der Waals surface area contributed by atoms with Gasteiger partial charge < -0.3 is 24.6 Å². The molecule has 0 amide bonds. The number of rotatable bonds is 9. The maximum Gasteiger partial charge on any atom is 0.228 e. The van der Waals surface area contributed by atoms with Crippen LogP contribution in [-0.4, -0.2) is 61.2 Å². The molecule has 2 atom stereocenters. The van der Waals surface area contributed by atoms with Gasteiger partial charge >= 0.3 is 0 Å². The standard InChI is InChI=1S/C20H28ClN5O3.HI/c1-3-22-20(24-14(2)12-28-17-9-11-27-13-17)23-10-8-18-25-19(26-29-18)15-4-6-16(21)7-5-15;/h4-7,14,17H,3,8-13H2,1-2H3,(H2,22,23,24);1H. The summed E-state index contributed by atoms with van der Waals surface area (Å²) in [7, 11) is 0. The van der Waals surface area contributed by atoms with E-state index in [1.165, 1.54) is 0 Å². The van der Waals surface area contributed by atoms with Gasteiger partial charge in [0.1, 0.15) is 0 Å². The van der Waals surface area contributed by atoms with E-state index in [1.54, 1.807) is 12.1 Å². The molecule has 0 saturated carbocycles. The van der Waals surface area contributed by atoms with Gasteiger partial charge in [0.05, 0.1) is 25.9 Å². The van der Waals surface area contributed by atoms with Gasteiger partial charge in [-0.1, -0.05) is 16.8 Å². The average molecular weight is 550 g/mol. The molecule has 1 saturated heterocycles. The van der Waals surface area contributed by atoms with Crippen LogP contribution in [0.15, 0.2) is 33.8 Å². The highest BCUT2D eigenvalue weighted by molar-refractivity contribution is 14.0. The Morgan fingerprint density at radius 1 is 1.37 bits per heavy atom. The predicted octanol–water partition coefficient (Wildman–Crippen LogP) is 3.30. The summed E-state index contributed by atoms with van der Waals surface area (Å²) in [5.41, 5.74) is 0.865. The first-order chi connectivity index (χ1) is 14.1. The molecule has 3 rings (SSSR count). The molecule has 1 aliphatic heterocycles. The Morgan fingerprint density at radius 2 is 2.17 bits per heavy atom. The molecule has 1 aromatic carbocycles. The molecule has 2 N–H and O–H groups in total. The smallest absolute Gasteiger partial charge is 0.228 e. The Kier molecular flexibility index (Phi) is 10.8. The zero-order chi connectivity index (χ0) is 20.5. The van der Waals surface area contributed by atoms with E-state index in [1.807, 2.05) is 19.1 Å². The van der Waals surface area contributed by atoms with Crippen LogP contribution in [0.1, 0.15) is 26.2 Å². The Hall–Kier alpha value is -1.43. The van der Waals surface area contributed by atoms with Crippen LogP contribution in [0.2, 0.25) is 5.02 Å². The molecule has 166 valence electrons. The fourth-order valence-corrected chi connectivity index (χ4v) is 2.98. The monoisotopic (exact) mass is 549 g/mol. The van der Waals surface area contributed by atoms with E-state index in [9.17, 15) is 0 Å². The summed E-state index contributed by atoms with van der Waals surface area (Å²) in [5, 5.41) is 11.3. The molecule has 1 aliphatic rings. The summed E-state index contributed by atoms with van der Waals surface area (Å²) in [6, 6.07) is 7.47. The molecule has 10 heteroatoms. The number of benzene rings is 1. The maximum absolute atomic E-state index is 5.91. The third kappa shape index (κ3) is 8.01. The predicted molar refractivity (Wildman–Crippen MR) is 128 cm³/mol. The topological polar surface area (TPSA) is 93.8 Å². The lowest BCUT2D eigenvalue weighted by Gasteiger charge is -2.19. The molecular formula is C20H29ClIN5O3. The van der Waals surface area contributed by atoms with E-state index in [0.29, 0.717) is 42.9 Å². The Balaban J connectivity index is 0.00000320. The summed E-state index contributed by atoms with van der Waals surface area (Å²) in [6.45, 7) is 7.48. The zero-order valence-electron chi connectivity index (χ0n) is 17.3. The van der Waals surface area contributed by atoms with Crippen LogP contribution < -0.4 is 10.6 Å². The zero-order valence-corrected chi connectivity index (χ0v) is 20.4. The maximum atomic E-state index is 5.91. The van der Waals surface area contributed by atoms with Crippen molar-refractivity contribution in [3.8, 4) is 11.4 Å². The van der Waals surface area contributed by atoms with Gasteiger partial charge in [0, 0.05) is 36.2 Å². The molecular weight excluding hydrogens is 521 g/mol. The van der Waals surface area contributed by atoms with Crippen molar-refractivity contribution in [1.82, 2.24) is 20.8 Å². The van der Waals surface area contributed by atoms with Gasteiger partial charge in [-0.05, 0) is 44.5 Å². The molecule has 1 fully saturated rings. The number of aliphatic imine (C=N–C) groups is 1. The summed E-state index contributed by atoms with van der Waals surface area (Å²) in [4.78, 5) is 9.02. The van der Waals surface area contributed by atoms with E-state index >= 15 is 0 Å². The van der Waals surface area contributed by atoms with Gasteiger partial charge in [-0.3, -0.25) is 4.99 Å². The average Bonchev–Trinajstić information content (AvgIpc) is 3.39. The van der Waals surface area contributed by atoms with Crippen molar-refractivity contribution in [1.29, 1.82) is 0 Å². The number of aromatic nitrogens is 2. The molecule has 0 aliphatic carbocycles. The summed E-state index contributed by atoms with van der Waals surface area (Å²) in [6.07, 6.45) is 1.72. The van der Waals surface area contributed by atoms with Crippen LogP contribution in [0.25, 0.3) is 11.4 Å². The highest BCUT2D eigenvalue weighted by atomic mass is 127. The van der Waals surface area contributed by atoms with Crippen LogP contribution in [0, 0.1) is 0 Å². The lowest BCUT2D eigenvalue weighted by molar-refractivity contribution is 0.0347. The molecule has 8 nitrogen and oxygen atoms in total. The molecule has 0 spiro atoms. The number of hydrogen-bond donors (Lipinski definition) is 2. The summed E-state index contributed by atoms with van der Waals surface area (Å²) < 4.78 is 16.5. The number of halogens is 2. The highest BCUT2D eigenvalue weighted by Crippen LogP contribution is 2.18. The second-order valence-corrected chi connectivity index (χ2v) is 7.33. The Bertz CT molecular complexity index is 781. The molecule has 30 heavy (non-hydrogen) atoms. The normalized spacial score (nSPS) is 17.4. The lowest BCUT2D eigenvalue weighted by Crippen LogP contribution is -2.44. The van der Waals surface area contributed by atoms with Crippen molar-refractivity contribution in [3.63, 3.8) is 0 Å². The fraction of sp³-hybridized carbons (Fsp3) is 0.550. The summed E-state index contributed by atoms with van der Waals surface area (Å²) in [5.74, 6) is 1.84. The molecule has 0 bridgehead atoms. The number of nitrogens with one attached hydrogen (secondary N) is 2. The van der Waals surface area contributed by atoms with Crippen molar-refractivity contribution in [2.24, 2.45) is 4.99 Å². The quantitative estimate of drug-likeness (QED) is 0.282. The van der Waals surface area contributed by atoms with Crippen LogP contribution in [0.4, 0.5) is 0 Å². The van der Waals surface area contributed by atoms with Crippen LogP contribution in [-0.2, 0) is 15.9 Å². The third-order valence-electron chi connectivity index (χ3n) is 4.36. The van der Waals surface area contributed by atoms with E-state index in [0.717, 1.165) is 31.1 Å². The first-order valence-electron chi connectivity index (χ1n) is 9.96. The second kappa shape index (κ2) is 13.1. The lowest BCUT2D eigenvalue weighted by atomic mass is 10.2. The van der Waals surface area contributed by atoms with E-state index < -0.39 is 0 Å². The number of ether oxygens (including phenoxy) is 2. The van der Waals surface area contributed by atoms with Crippen molar-refractivity contribution in [2.45, 2.75) is 38.8 Å². The summed E-state index contributed by atoms with van der Waals surface area (Å²) >= 11 is 5.91. The van der Waals surface area contributed by atoms with Gasteiger partial charge in [-0.15, -0.1) is 24.0 Å². The van der Waals surface area contributed by atoms with Gasteiger partial charge in [0.15, 0.2) is 5.96 Å². The minimum absolute atomic E-state index is 0. The van der Waals surface area contributed by atoms with E-state index in [-0.39, 0.29) is 36.1 Å². The Labute approximate surface area is 199 Å². The van der Waals surface area contributed by atoms with Crippen molar-refractivity contribution < 1.29 is 14.0 Å². The Morgan fingerprint density at radius 3 is 2.87 bits per heavy atom. The second-order valence-electron chi connectivity index (χ2n) is 6.89. The molecule has 2 heterocycles. The molecule has 2 aromatic rings. The third-order valence-corrected chi connectivity index (χ3v) is 4.62. The first-order valence-corrected chi connectivity index (χ1v) is 10.3.